The molecule has 0 bridgehead atoms. The van der Waals surface area contributed by atoms with Crippen LogP contribution in [0.5, 0.6) is 0 Å². The predicted molar refractivity (Wildman–Crippen MR) is 92.6 cm³/mol. The van der Waals surface area contributed by atoms with Crippen LogP contribution in [0.15, 0.2) is 28.8 Å². The van der Waals surface area contributed by atoms with E-state index >= 15 is 0 Å². The molecule has 1 amide bonds. The van der Waals surface area contributed by atoms with Crippen LogP contribution in [0.25, 0.3) is 0 Å². The van der Waals surface area contributed by atoms with Crippen molar-refractivity contribution in [1.29, 1.82) is 0 Å². The van der Waals surface area contributed by atoms with Gasteiger partial charge in [-0.3, -0.25) is 9.78 Å². The average molecular weight is 357 g/mol. The van der Waals surface area contributed by atoms with Gasteiger partial charge in [-0.2, -0.15) is 0 Å². The Morgan fingerprint density at radius 3 is 2.96 bits per heavy atom. The molecule has 4 rings (SSSR count). The van der Waals surface area contributed by atoms with Crippen molar-refractivity contribution in [1.82, 2.24) is 15.0 Å². The molecule has 7 heteroatoms. The molecule has 1 spiro atoms. The van der Waals surface area contributed by atoms with Crippen LogP contribution in [0, 0.1) is 13.8 Å². The molecule has 2 aliphatic heterocycles. The number of hydrogen-bond acceptors (Lipinski definition) is 6. The lowest BCUT2D eigenvalue weighted by Gasteiger charge is -2.52. The highest BCUT2D eigenvalue weighted by atomic mass is 16.5. The van der Waals surface area contributed by atoms with Crippen LogP contribution in [0.3, 0.4) is 0 Å². The topological polar surface area (TPSA) is 77.7 Å². The molecule has 1 atom stereocenters. The molecule has 2 aromatic heterocycles. The van der Waals surface area contributed by atoms with Crippen LogP contribution >= 0.6 is 0 Å². The van der Waals surface area contributed by atoms with Crippen LogP contribution in [0.2, 0.25) is 0 Å². The molecule has 7 nitrogen and oxygen atoms in total. The number of pyridine rings is 1. The Bertz CT molecular complexity index is 798. The summed E-state index contributed by atoms with van der Waals surface area (Å²) in [5.74, 6) is 0.527. The Labute approximate surface area is 152 Å². The number of hydrogen-bond donors (Lipinski definition) is 0. The maximum absolute atomic E-state index is 12.4. The monoisotopic (exact) mass is 357 g/mol. The van der Waals surface area contributed by atoms with Gasteiger partial charge in [-0.15, -0.1) is 0 Å². The van der Waals surface area contributed by atoms with Gasteiger partial charge in [-0.1, -0.05) is 11.2 Å². The second-order valence-corrected chi connectivity index (χ2v) is 7.21. The summed E-state index contributed by atoms with van der Waals surface area (Å²) in [6.45, 7) is 6.04. The molecule has 2 aromatic rings. The summed E-state index contributed by atoms with van der Waals surface area (Å²) in [5, 5.41) is 3.80. The van der Waals surface area contributed by atoms with E-state index < -0.39 is 0 Å². The number of rotatable bonds is 4. The van der Waals surface area contributed by atoms with Crippen molar-refractivity contribution in [2.75, 3.05) is 19.7 Å². The van der Waals surface area contributed by atoms with E-state index in [2.05, 4.69) is 10.1 Å². The van der Waals surface area contributed by atoms with E-state index in [-0.39, 0.29) is 17.6 Å². The van der Waals surface area contributed by atoms with Gasteiger partial charge in [-0.05, 0) is 32.4 Å². The number of amides is 1. The molecule has 2 aliphatic rings. The molecule has 4 heterocycles. The first-order chi connectivity index (χ1) is 12.5. The fourth-order valence-electron chi connectivity index (χ4n) is 3.65. The number of aromatic nitrogens is 2. The molecular weight excluding hydrogens is 334 g/mol. The van der Waals surface area contributed by atoms with Gasteiger partial charge in [0.05, 0.1) is 31.5 Å². The highest BCUT2D eigenvalue weighted by Crippen LogP contribution is 2.36. The van der Waals surface area contributed by atoms with Crippen LogP contribution in [-0.2, 0) is 16.1 Å². The molecule has 26 heavy (non-hydrogen) atoms. The maximum Gasteiger partial charge on any atom is 0.276 e. The smallest absolute Gasteiger partial charge is 0.276 e. The predicted octanol–water partition coefficient (Wildman–Crippen LogP) is 2.28. The molecule has 0 aromatic carbocycles. The van der Waals surface area contributed by atoms with Crippen LogP contribution < -0.4 is 0 Å². The van der Waals surface area contributed by atoms with Crippen LogP contribution in [0.4, 0.5) is 0 Å². The van der Waals surface area contributed by atoms with E-state index in [1.165, 1.54) is 0 Å². The molecule has 2 saturated heterocycles. The minimum atomic E-state index is -0.294. The van der Waals surface area contributed by atoms with Crippen molar-refractivity contribution < 1.29 is 18.8 Å². The highest BCUT2D eigenvalue weighted by Gasteiger charge is 2.50. The SMILES string of the molecule is Cc1cccc(COC2CCOC3(C2)CN(C(=O)c2cc(C)on2)C3)n1. The van der Waals surface area contributed by atoms with E-state index in [0.29, 0.717) is 37.8 Å². The summed E-state index contributed by atoms with van der Waals surface area (Å²) in [7, 11) is 0. The summed E-state index contributed by atoms with van der Waals surface area (Å²) in [6.07, 6.45) is 1.78. The molecule has 0 aliphatic carbocycles. The zero-order valence-electron chi connectivity index (χ0n) is 15.1. The van der Waals surface area contributed by atoms with E-state index in [0.717, 1.165) is 24.2 Å². The first-order valence-corrected chi connectivity index (χ1v) is 8.94. The lowest BCUT2D eigenvalue weighted by atomic mass is 9.84. The van der Waals surface area contributed by atoms with Crippen molar-refractivity contribution in [3.63, 3.8) is 0 Å². The van der Waals surface area contributed by atoms with Crippen molar-refractivity contribution in [2.45, 2.75) is 45.0 Å². The summed E-state index contributed by atoms with van der Waals surface area (Å²) in [5.41, 5.74) is 1.99. The lowest BCUT2D eigenvalue weighted by Crippen LogP contribution is -2.67. The summed E-state index contributed by atoms with van der Waals surface area (Å²) in [4.78, 5) is 18.6. The van der Waals surface area contributed by atoms with E-state index in [4.69, 9.17) is 14.0 Å². The number of carbonyl (C=O) groups excluding carboxylic acids is 1. The van der Waals surface area contributed by atoms with E-state index in [1.54, 1.807) is 17.9 Å². The number of ether oxygens (including phenoxy) is 2. The second-order valence-electron chi connectivity index (χ2n) is 7.21. The third kappa shape index (κ3) is 3.50. The van der Waals surface area contributed by atoms with Gasteiger partial charge in [0.25, 0.3) is 5.91 Å². The molecule has 1 unspecified atom stereocenters. The summed E-state index contributed by atoms with van der Waals surface area (Å²) < 4.78 is 17.0. The number of nitrogens with zero attached hydrogens (tertiary/aromatic N) is 3. The van der Waals surface area contributed by atoms with E-state index in [9.17, 15) is 4.79 Å². The van der Waals surface area contributed by atoms with Crippen molar-refractivity contribution >= 4 is 5.91 Å². The average Bonchev–Trinajstić information content (AvgIpc) is 3.04. The Hall–Kier alpha value is -2.25. The molecule has 138 valence electrons. The second kappa shape index (κ2) is 6.81. The number of carbonyl (C=O) groups is 1. The van der Waals surface area contributed by atoms with Crippen LogP contribution in [-0.4, -0.2) is 52.3 Å². The van der Waals surface area contributed by atoms with Crippen molar-refractivity contribution in [2.24, 2.45) is 0 Å². The fourth-order valence-corrected chi connectivity index (χ4v) is 3.65. The van der Waals surface area contributed by atoms with Gasteiger partial charge in [0.2, 0.25) is 0 Å². The first kappa shape index (κ1) is 17.2. The summed E-state index contributed by atoms with van der Waals surface area (Å²) >= 11 is 0. The Kier molecular flexibility index (Phi) is 4.50. The van der Waals surface area contributed by atoms with Gasteiger partial charge in [0, 0.05) is 24.8 Å². The van der Waals surface area contributed by atoms with Gasteiger partial charge in [0.15, 0.2) is 5.69 Å². The minimum Gasteiger partial charge on any atom is -0.372 e. The maximum atomic E-state index is 12.4. The van der Waals surface area contributed by atoms with Gasteiger partial charge >= 0.3 is 0 Å². The molecule has 0 radical (unpaired) electrons. The molecule has 2 fully saturated rings. The molecule has 0 saturated carbocycles. The molecular formula is C19H23N3O4. The normalized spacial score (nSPS) is 21.6. The fraction of sp³-hybridized carbons (Fsp3) is 0.526. The standard InChI is InChI=1S/C19H23N3O4/c1-13-4-3-5-15(20-13)10-24-16-6-7-25-19(9-16)11-22(12-19)18(23)17-8-14(2)26-21-17/h3-5,8,16H,6-7,9-12H2,1-2H3. The Morgan fingerprint density at radius 1 is 1.38 bits per heavy atom. The third-order valence-corrected chi connectivity index (χ3v) is 4.95. The molecule has 0 N–H and O–H groups in total. The van der Waals surface area contributed by atoms with Crippen molar-refractivity contribution in [3.8, 4) is 0 Å². The van der Waals surface area contributed by atoms with Gasteiger partial charge in [-0.25, -0.2) is 0 Å². The first-order valence-electron chi connectivity index (χ1n) is 8.94. The highest BCUT2D eigenvalue weighted by molar-refractivity contribution is 5.93. The number of likely N-dealkylation sites (tertiary alicyclic amines) is 1. The zero-order valence-corrected chi connectivity index (χ0v) is 15.1. The third-order valence-electron chi connectivity index (χ3n) is 4.95. The van der Waals surface area contributed by atoms with Gasteiger partial charge < -0.3 is 18.9 Å². The lowest BCUT2D eigenvalue weighted by molar-refractivity contribution is -0.188. The van der Waals surface area contributed by atoms with Crippen molar-refractivity contribution in [3.05, 3.63) is 47.1 Å². The Balaban J connectivity index is 1.31. The van der Waals surface area contributed by atoms with Crippen LogP contribution in [0.1, 0.15) is 40.5 Å². The Morgan fingerprint density at radius 2 is 2.23 bits per heavy atom. The van der Waals surface area contributed by atoms with E-state index in [1.807, 2.05) is 25.1 Å². The quantitative estimate of drug-likeness (QED) is 0.835. The van der Waals surface area contributed by atoms with Gasteiger partial charge in [0.1, 0.15) is 11.4 Å². The zero-order chi connectivity index (χ0) is 18.1. The minimum absolute atomic E-state index is 0.108. The number of aryl methyl sites for hydroxylation is 2. The summed E-state index contributed by atoms with van der Waals surface area (Å²) in [6, 6.07) is 7.61. The largest absolute Gasteiger partial charge is 0.372 e.